The molecule has 0 amide bonds. The minimum atomic E-state index is -0.329. The monoisotopic (exact) mass is 490 g/mol. The fraction of sp³-hybridized carbons (Fsp3) is 0.192. The number of halogens is 2. The van der Waals surface area contributed by atoms with E-state index in [0.29, 0.717) is 22.4 Å². The fourth-order valence-corrected chi connectivity index (χ4v) is 4.94. The number of rotatable bonds is 7. The van der Waals surface area contributed by atoms with Gasteiger partial charge in [0.1, 0.15) is 0 Å². The van der Waals surface area contributed by atoms with E-state index < -0.39 is 0 Å². The van der Waals surface area contributed by atoms with Crippen LogP contribution in [0.2, 0.25) is 10.0 Å². The fourth-order valence-electron chi connectivity index (χ4n) is 4.42. The topological polar surface area (TPSA) is 71.4 Å². The summed E-state index contributed by atoms with van der Waals surface area (Å²) < 4.78 is 1.77. The third-order valence-corrected chi connectivity index (χ3v) is 6.68. The zero-order valence-electron chi connectivity index (χ0n) is 18.9. The maximum atomic E-state index is 6.65. The van der Waals surface area contributed by atoms with Gasteiger partial charge in [0.25, 0.3) is 0 Å². The average molecular weight is 491 g/mol. The van der Waals surface area contributed by atoms with Gasteiger partial charge in [0.05, 0.1) is 11.7 Å². The molecule has 0 fully saturated rings. The summed E-state index contributed by atoms with van der Waals surface area (Å²) in [6.45, 7) is 4.85. The Hall–Kier alpha value is -3.19. The average Bonchev–Trinajstić information content (AvgIpc) is 3.42. The molecule has 2 heterocycles. The molecule has 0 spiro atoms. The van der Waals surface area contributed by atoms with Crippen LogP contribution in [-0.4, -0.2) is 31.7 Å². The largest absolute Gasteiger partial charge is 0.358 e. The number of aromatic nitrogens is 5. The van der Waals surface area contributed by atoms with Crippen molar-refractivity contribution in [2.75, 3.05) is 6.54 Å². The van der Waals surface area contributed by atoms with Crippen LogP contribution >= 0.6 is 23.2 Å². The van der Waals surface area contributed by atoms with Crippen molar-refractivity contribution in [1.82, 2.24) is 30.5 Å². The van der Waals surface area contributed by atoms with Gasteiger partial charge in [0.2, 0.25) is 0 Å². The molecule has 0 bridgehead atoms. The lowest BCUT2D eigenvalue weighted by Gasteiger charge is -2.20. The van der Waals surface area contributed by atoms with E-state index in [1.54, 1.807) is 10.7 Å². The van der Waals surface area contributed by atoms with Gasteiger partial charge in [-0.05, 0) is 71.7 Å². The molecule has 2 N–H and O–H groups in total. The molecule has 0 aliphatic heterocycles. The van der Waals surface area contributed by atoms with Crippen molar-refractivity contribution >= 4 is 34.1 Å². The lowest BCUT2D eigenvalue weighted by Crippen LogP contribution is -2.28. The molecule has 5 aromatic rings. The van der Waals surface area contributed by atoms with Gasteiger partial charge in [-0.25, -0.2) is 0 Å². The molecule has 3 aromatic carbocycles. The molecule has 1 atom stereocenters. The Morgan fingerprint density at radius 3 is 2.62 bits per heavy atom. The van der Waals surface area contributed by atoms with Crippen molar-refractivity contribution in [3.8, 4) is 5.69 Å². The molecule has 172 valence electrons. The van der Waals surface area contributed by atoms with Gasteiger partial charge in [-0.2, -0.15) is 4.68 Å². The number of fused-ring (bicyclic) bond motifs is 1. The zero-order chi connectivity index (χ0) is 23.7. The van der Waals surface area contributed by atoms with Crippen LogP contribution in [0.5, 0.6) is 0 Å². The van der Waals surface area contributed by atoms with Crippen LogP contribution in [0.1, 0.15) is 34.3 Å². The molecule has 1 unspecified atom stereocenters. The smallest absolute Gasteiger partial charge is 0.178 e. The summed E-state index contributed by atoms with van der Waals surface area (Å²) in [4.78, 5) is 3.48. The van der Waals surface area contributed by atoms with Crippen molar-refractivity contribution in [1.29, 1.82) is 0 Å². The predicted octanol–water partition coefficient (Wildman–Crippen LogP) is 5.99. The number of nitrogens with zero attached hydrogens (tertiary/aromatic N) is 4. The first-order valence-electron chi connectivity index (χ1n) is 11.1. The van der Waals surface area contributed by atoms with E-state index in [1.165, 1.54) is 16.6 Å². The first kappa shape index (κ1) is 22.6. The van der Waals surface area contributed by atoms with Crippen LogP contribution in [-0.2, 0) is 6.42 Å². The Kier molecular flexibility index (Phi) is 6.37. The number of aryl methyl sites for hydroxylation is 2. The molecule has 6 nitrogen and oxygen atoms in total. The Balaban J connectivity index is 1.50. The van der Waals surface area contributed by atoms with Crippen LogP contribution in [0.4, 0.5) is 0 Å². The number of benzene rings is 3. The summed E-state index contributed by atoms with van der Waals surface area (Å²) in [5, 5.41) is 18.7. The van der Waals surface area contributed by atoms with E-state index in [9.17, 15) is 0 Å². The number of H-pyrrole nitrogens is 1. The van der Waals surface area contributed by atoms with E-state index in [4.69, 9.17) is 23.2 Å². The van der Waals surface area contributed by atoms with Crippen LogP contribution in [0.15, 0.2) is 66.7 Å². The predicted molar refractivity (Wildman–Crippen MR) is 137 cm³/mol. The van der Waals surface area contributed by atoms with Crippen molar-refractivity contribution in [3.05, 3.63) is 105 Å². The molecule has 0 saturated heterocycles. The lowest BCUT2D eigenvalue weighted by atomic mass is 10.0. The van der Waals surface area contributed by atoms with Gasteiger partial charge >= 0.3 is 0 Å². The second-order valence-electron chi connectivity index (χ2n) is 8.31. The highest BCUT2D eigenvalue weighted by Crippen LogP contribution is 2.31. The highest BCUT2D eigenvalue weighted by molar-refractivity contribution is 6.35. The minimum Gasteiger partial charge on any atom is -0.358 e. The van der Waals surface area contributed by atoms with Gasteiger partial charge in [-0.15, -0.1) is 5.10 Å². The third-order valence-electron chi connectivity index (χ3n) is 6.12. The molecule has 0 aliphatic carbocycles. The number of hydrogen-bond donors (Lipinski definition) is 2. The van der Waals surface area contributed by atoms with Crippen LogP contribution in [0, 0.1) is 13.8 Å². The van der Waals surface area contributed by atoms with Gasteiger partial charge in [0.15, 0.2) is 5.82 Å². The standard InChI is InChI=1S/C26H24Cl2N6/c1-16-7-3-6-10-24(16)34-26(31-32-33-34)25(21-12-11-18(27)15-22(21)28)29-14-13-19-17(2)30-23-9-5-4-8-20(19)23/h3-12,15,25,29-30H,13-14H2,1-2H3. The van der Waals surface area contributed by atoms with E-state index in [2.05, 4.69) is 50.9 Å². The summed E-state index contributed by atoms with van der Waals surface area (Å²) in [6, 6.07) is 21.6. The highest BCUT2D eigenvalue weighted by atomic mass is 35.5. The summed E-state index contributed by atoms with van der Waals surface area (Å²) in [5.74, 6) is 0.661. The molecule has 8 heteroatoms. The van der Waals surface area contributed by atoms with Crippen LogP contribution in [0.3, 0.4) is 0 Å². The molecular weight excluding hydrogens is 467 g/mol. The van der Waals surface area contributed by atoms with Crippen molar-refractivity contribution in [2.45, 2.75) is 26.3 Å². The van der Waals surface area contributed by atoms with Crippen molar-refractivity contribution in [2.24, 2.45) is 0 Å². The van der Waals surface area contributed by atoms with Gasteiger partial charge < -0.3 is 10.3 Å². The second kappa shape index (κ2) is 9.58. The second-order valence-corrected chi connectivity index (χ2v) is 9.16. The third kappa shape index (κ3) is 4.32. The van der Waals surface area contributed by atoms with Gasteiger partial charge in [-0.1, -0.05) is 65.7 Å². The quantitative estimate of drug-likeness (QED) is 0.294. The molecule has 0 saturated carbocycles. The maximum Gasteiger partial charge on any atom is 0.178 e. The molecule has 34 heavy (non-hydrogen) atoms. The van der Waals surface area contributed by atoms with E-state index in [1.807, 2.05) is 49.4 Å². The van der Waals surface area contributed by atoms with Crippen LogP contribution < -0.4 is 5.32 Å². The molecule has 0 aliphatic rings. The number of hydrogen-bond acceptors (Lipinski definition) is 4. The first-order valence-corrected chi connectivity index (χ1v) is 11.9. The normalized spacial score (nSPS) is 12.4. The molecular formula is C26H24Cl2N6. The number of nitrogens with one attached hydrogen (secondary N) is 2. The summed E-state index contributed by atoms with van der Waals surface area (Å²) >= 11 is 12.8. The summed E-state index contributed by atoms with van der Waals surface area (Å²) in [5.41, 5.74) is 6.48. The number of tetrazole rings is 1. The van der Waals surface area contributed by atoms with Crippen molar-refractivity contribution < 1.29 is 0 Å². The maximum absolute atomic E-state index is 6.65. The SMILES string of the molecule is Cc1ccccc1-n1nnnc1C(NCCc1c(C)[nH]c2ccccc12)c1ccc(Cl)cc1Cl. The molecule has 5 rings (SSSR count). The highest BCUT2D eigenvalue weighted by Gasteiger charge is 2.25. The Morgan fingerprint density at radius 2 is 1.79 bits per heavy atom. The van der Waals surface area contributed by atoms with Gasteiger partial charge in [-0.3, -0.25) is 0 Å². The molecule has 0 radical (unpaired) electrons. The van der Waals surface area contributed by atoms with Gasteiger partial charge in [0, 0.05) is 33.2 Å². The number of aromatic amines is 1. The van der Waals surface area contributed by atoms with E-state index in [0.717, 1.165) is 28.8 Å². The Morgan fingerprint density at radius 1 is 1.00 bits per heavy atom. The Bertz CT molecular complexity index is 1460. The van der Waals surface area contributed by atoms with Crippen molar-refractivity contribution in [3.63, 3.8) is 0 Å². The number of para-hydroxylation sites is 2. The van der Waals surface area contributed by atoms with Crippen LogP contribution in [0.25, 0.3) is 16.6 Å². The molecule has 2 aromatic heterocycles. The van der Waals surface area contributed by atoms with E-state index in [-0.39, 0.29) is 6.04 Å². The summed E-state index contributed by atoms with van der Waals surface area (Å²) in [7, 11) is 0. The summed E-state index contributed by atoms with van der Waals surface area (Å²) in [6.07, 6.45) is 0.837. The van der Waals surface area contributed by atoms with E-state index >= 15 is 0 Å². The first-order chi connectivity index (χ1) is 16.5. The zero-order valence-corrected chi connectivity index (χ0v) is 20.4. The lowest BCUT2D eigenvalue weighted by molar-refractivity contribution is 0.563. The Labute approximate surface area is 207 Å². The minimum absolute atomic E-state index is 0.329.